The lowest BCUT2D eigenvalue weighted by Crippen LogP contribution is -2.27. The van der Waals surface area contributed by atoms with Crippen LogP contribution in [-0.4, -0.2) is 13.2 Å². The van der Waals surface area contributed by atoms with Crippen molar-refractivity contribution < 1.29 is 22.6 Å². The van der Waals surface area contributed by atoms with Gasteiger partial charge >= 0.3 is 0 Å². The zero-order valence-electron chi connectivity index (χ0n) is 14.5. The van der Waals surface area contributed by atoms with Gasteiger partial charge in [0, 0.05) is 11.5 Å². The molecule has 0 N–H and O–H groups in total. The van der Waals surface area contributed by atoms with Gasteiger partial charge in [-0.15, -0.1) is 0 Å². The van der Waals surface area contributed by atoms with E-state index in [1.54, 1.807) is 0 Å². The molecule has 1 heterocycles. The number of alkyl halides is 1. The van der Waals surface area contributed by atoms with E-state index < -0.39 is 30.2 Å². The number of ether oxygens (including phenoxy) is 2. The Kier molecular flexibility index (Phi) is 7.56. The average Bonchev–Trinajstić information content (AvgIpc) is 2.55. The maximum absolute atomic E-state index is 13.7. The summed E-state index contributed by atoms with van der Waals surface area (Å²) in [4.78, 5) is 0. The number of hydrogen-bond acceptors (Lipinski definition) is 2. The van der Waals surface area contributed by atoms with Gasteiger partial charge in [-0.3, -0.25) is 0 Å². The third kappa shape index (κ3) is 5.21. The Hall–Kier alpha value is -1.07. The summed E-state index contributed by atoms with van der Waals surface area (Å²) in [5.74, 6) is -0.735. The Labute approximate surface area is 142 Å². The third-order valence-electron chi connectivity index (χ3n) is 4.63. The maximum atomic E-state index is 13.7. The van der Waals surface area contributed by atoms with Gasteiger partial charge in [0.25, 0.3) is 0 Å². The Morgan fingerprint density at radius 2 is 1.75 bits per heavy atom. The van der Waals surface area contributed by atoms with Crippen LogP contribution in [0.5, 0.6) is 0 Å². The van der Waals surface area contributed by atoms with Gasteiger partial charge in [-0.2, -0.15) is 0 Å². The first-order valence-corrected chi connectivity index (χ1v) is 8.82. The van der Waals surface area contributed by atoms with Gasteiger partial charge in [0.05, 0.1) is 18.8 Å². The van der Waals surface area contributed by atoms with E-state index in [-0.39, 0.29) is 5.56 Å². The zero-order chi connectivity index (χ0) is 17.5. The van der Waals surface area contributed by atoms with Gasteiger partial charge < -0.3 is 9.47 Å². The molecule has 1 aliphatic rings. The van der Waals surface area contributed by atoms with Crippen molar-refractivity contribution in [2.75, 3.05) is 13.2 Å². The standard InChI is InChI=1S/C19H27F3O2/c1-3-5-13(2)6-4-7-14-11-23-19(24-12-14)15-8-17(21)16(10-20)18(22)9-15/h8-9,13-14,19H,3-7,10-12H2,1-2H3. The fraction of sp³-hybridized carbons (Fsp3) is 0.684. The highest BCUT2D eigenvalue weighted by molar-refractivity contribution is 5.26. The normalized spacial score (nSPS) is 22.5. The molecule has 24 heavy (non-hydrogen) atoms. The number of halogens is 3. The van der Waals surface area contributed by atoms with E-state index in [0.29, 0.717) is 19.1 Å². The maximum Gasteiger partial charge on any atom is 0.184 e. The van der Waals surface area contributed by atoms with E-state index in [9.17, 15) is 13.2 Å². The minimum Gasteiger partial charge on any atom is -0.348 e. The lowest BCUT2D eigenvalue weighted by molar-refractivity contribution is -0.206. The summed E-state index contributed by atoms with van der Waals surface area (Å²) in [5, 5.41) is 0. The molecule has 1 aromatic rings. The number of hydrogen-bond donors (Lipinski definition) is 0. The van der Waals surface area contributed by atoms with Crippen molar-refractivity contribution in [3.8, 4) is 0 Å². The van der Waals surface area contributed by atoms with Crippen LogP contribution in [0.2, 0.25) is 0 Å². The molecular formula is C19H27F3O2. The van der Waals surface area contributed by atoms with Gasteiger partial charge in [0.2, 0.25) is 0 Å². The van der Waals surface area contributed by atoms with Crippen LogP contribution in [0.15, 0.2) is 12.1 Å². The first-order chi connectivity index (χ1) is 11.5. The number of benzene rings is 1. The van der Waals surface area contributed by atoms with Crippen molar-refractivity contribution in [2.24, 2.45) is 11.8 Å². The van der Waals surface area contributed by atoms with Crippen molar-refractivity contribution in [3.63, 3.8) is 0 Å². The molecule has 1 saturated heterocycles. The summed E-state index contributed by atoms with van der Waals surface area (Å²) in [5.41, 5.74) is -0.286. The molecule has 1 fully saturated rings. The Morgan fingerprint density at radius 3 is 2.29 bits per heavy atom. The Bertz CT molecular complexity index is 490. The second-order valence-electron chi connectivity index (χ2n) is 6.79. The topological polar surface area (TPSA) is 18.5 Å². The second kappa shape index (κ2) is 9.42. The van der Waals surface area contributed by atoms with E-state index >= 15 is 0 Å². The first kappa shape index (κ1) is 19.3. The van der Waals surface area contributed by atoms with Crippen LogP contribution in [0, 0.1) is 23.5 Å². The zero-order valence-corrected chi connectivity index (χ0v) is 14.5. The van der Waals surface area contributed by atoms with Crippen molar-refractivity contribution in [1.29, 1.82) is 0 Å². The smallest absolute Gasteiger partial charge is 0.184 e. The molecular weight excluding hydrogens is 317 g/mol. The SMILES string of the molecule is CCCC(C)CCCC1COC(c2cc(F)c(CF)c(F)c2)OC1. The van der Waals surface area contributed by atoms with Gasteiger partial charge in [-0.05, 0) is 24.5 Å². The lowest BCUT2D eigenvalue weighted by Gasteiger charge is -2.30. The van der Waals surface area contributed by atoms with Gasteiger partial charge in [0.1, 0.15) is 18.3 Å². The molecule has 0 saturated carbocycles. The summed E-state index contributed by atoms with van der Waals surface area (Å²) < 4.78 is 51.1. The minimum absolute atomic E-state index is 0.261. The summed E-state index contributed by atoms with van der Waals surface area (Å²) in [6.07, 6.45) is 5.06. The fourth-order valence-electron chi connectivity index (χ4n) is 3.18. The molecule has 2 nitrogen and oxygen atoms in total. The molecule has 1 unspecified atom stereocenters. The largest absolute Gasteiger partial charge is 0.348 e. The van der Waals surface area contributed by atoms with E-state index in [1.807, 2.05) is 0 Å². The molecule has 1 aliphatic heterocycles. The molecule has 0 amide bonds. The summed E-state index contributed by atoms with van der Waals surface area (Å²) >= 11 is 0. The summed E-state index contributed by atoms with van der Waals surface area (Å²) in [6, 6.07) is 2.19. The Balaban J connectivity index is 1.80. The van der Waals surface area contributed by atoms with Crippen LogP contribution in [0.1, 0.15) is 63.4 Å². The molecule has 0 spiro atoms. The monoisotopic (exact) mass is 344 g/mol. The molecule has 136 valence electrons. The van der Waals surface area contributed by atoms with Crippen LogP contribution in [-0.2, 0) is 16.1 Å². The molecule has 0 aliphatic carbocycles. The van der Waals surface area contributed by atoms with E-state index in [4.69, 9.17) is 9.47 Å². The van der Waals surface area contributed by atoms with Crippen LogP contribution in [0.4, 0.5) is 13.2 Å². The number of rotatable bonds is 8. The third-order valence-corrected chi connectivity index (χ3v) is 4.63. The summed E-state index contributed by atoms with van der Waals surface area (Å²) in [7, 11) is 0. The van der Waals surface area contributed by atoms with Crippen LogP contribution in [0.25, 0.3) is 0 Å². The first-order valence-electron chi connectivity index (χ1n) is 8.82. The second-order valence-corrected chi connectivity index (χ2v) is 6.79. The molecule has 0 radical (unpaired) electrons. The predicted octanol–water partition coefficient (Wildman–Crippen LogP) is 5.70. The van der Waals surface area contributed by atoms with Crippen LogP contribution in [0.3, 0.4) is 0 Å². The quantitative estimate of drug-likeness (QED) is 0.602. The highest BCUT2D eigenvalue weighted by Crippen LogP contribution is 2.30. The average molecular weight is 344 g/mol. The van der Waals surface area contributed by atoms with Crippen molar-refractivity contribution in [2.45, 2.75) is 58.9 Å². The Morgan fingerprint density at radius 1 is 1.12 bits per heavy atom. The lowest BCUT2D eigenvalue weighted by atomic mass is 9.95. The van der Waals surface area contributed by atoms with Crippen LogP contribution >= 0.6 is 0 Å². The molecule has 2 rings (SSSR count). The van der Waals surface area contributed by atoms with E-state index in [0.717, 1.165) is 30.9 Å². The predicted molar refractivity (Wildman–Crippen MR) is 87.2 cm³/mol. The van der Waals surface area contributed by atoms with E-state index in [2.05, 4.69) is 13.8 Å². The minimum atomic E-state index is -1.16. The van der Waals surface area contributed by atoms with Gasteiger partial charge in [-0.25, -0.2) is 13.2 Å². The summed E-state index contributed by atoms with van der Waals surface area (Å²) in [6.45, 7) is 4.34. The fourth-order valence-corrected chi connectivity index (χ4v) is 3.18. The van der Waals surface area contributed by atoms with Gasteiger partial charge in [0.15, 0.2) is 6.29 Å². The molecule has 0 aromatic heterocycles. The molecule has 5 heteroatoms. The van der Waals surface area contributed by atoms with E-state index in [1.165, 1.54) is 19.3 Å². The van der Waals surface area contributed by atoms with Gasteiger partial charge in [-0.1, -0.05) is 39.5 Å². The highest BCUT2D eigenvalue weighted by atomic mass is 19.1. The van der Waals surface area contributed by atoms with Crippen LogP contribution < -0.4 is 0 Å². The highest BCUT2D eigenvalue weighted by Gasteiger charge is 2.25. The molecule has 0 bridgehead atoms. The van der Waals surface area contributed by atoms with Crippen molar-refractivity contribution >= 4 is 0 Å². The molecule has 1 aromatic carbocycles. The van der Waals surface area contributed by atoms with Crippen molar-refractivity contribution in [3.05, 3.63) is 34.9 Å². The molecule has 1 atom stereocenters. The van der Waals surface area contributed by atoms with Crippen molar-refractivity contribution in [1.82, 2.24) is 0 Å².